The van der Waals surface area contributed by atoms with Crippen LogP contribution in [0.15, 0.2) is 28.7 Å². The standard InChI is InChI=1S/C18H23FN4O2/c1-13-20-21-16(25-13)12-22(2)18(24)17(23-10-4-3-5-11-23)14-6-8-15(19)9-7-14/h6-9,17H,3-5,10-12H2,1-2H3/t17-/m1/s1. The van der Waals surface area contributed by atoms with Gasteiger partial charge in [0, 0.05) is 14.0 Å². The summed E-state index contributed by atoms with van der Waals surface area (Å²) in [5.41, 5.74) is 0.807. The van der Waals surface area contributed by atoms with Crippen molar-refractivity contribution in [3.05, 3.63) is 47.4 Å². The van der Waals surface area contributed by atoms with Crippen molar-refractivity contribution in [1.29, 1.82) is 0 Å². The number of likely N-dealkylation sites (tertiary alicyclic amines) is 1. The molecule has 0 spiro atoms. The monoisotopic (exact) mass is 346 g/mol. The second kappa shape index (κ2) is 7.74. The van der Waals surface area contributed by atoms with Gasteiger partial charge in [0.2, 0.25) is 17.7 Å². The molecule has 1 atom stereocenters. The fourth-order valence-electron chi connectivity index (χ4n) is 3.22. The lowest BCUT2D eigenvalue weighted by Gasteiger charge is -2.35. The van der Waals surface area contributed by atoms with Crippen LogP contribution in [0.4, 0.5) is 4.39 Å². The van der Waals surface area contributed by atoms with E-state index in [0.717, 1.165) is 31.5 Å². The van der Waals surface area contributed by atoms with Crippen LogP contribution in [-0.4, -0.2) is 46.0 Å². The first-order valence-corrected chi connectivity index (χ1v) is 8.58. The van der Waals surface area contributed by atoms with E-state index in [-0.39, 0.29) is 18.3 Å². The maximum Gasteiger partial charge on any atom is 0.244 e. The zero-order valence-electron chi connectivity index (χ0n) is 14.6. The number of rotatable bonds is 5. The van der Waals surface area contributed by atoms with Crippen LogP contribution in [0.5, 0.6) is 0 Å². The van der Waals surface area contributed by atoms with Gasteiger partial charge in [-0.1, -0.05) is 18.6 Å². The molecule has 134 valence electrons. The van der Waals surface area contributed by atoms with Crippen LogP contribution < -0.4 is 0 Å². The van der Waals surface area contributed by atoms with Crippen LogP contribution in [0.2, 0.25) is 0 Å². The van der Waals surface area contributed by atoms with Crippen molar-refractivity contribution >= 4 is 5.91 Å². The van der Waals surface area contributed by atoms with Crippen molar-refractivity contribution in [1.82, 2.24) is 20.0 Å². The number of aryl methyl sites for hydroxylation is 1. The second-order valence-corrected chi connectivity index (χ2v) is 6.46. The predicted octanol–water partition coefficient (Wildman–Crippen LogP) is 2.70. The fraction of sp³-hybridized carbons (Fsp3) is 0.500. The van der Waals surface area contributed by atoms with Crippen LogP contribution in [0, 0.1) is 12.7 Å². The maximum absolute atomic E-state index is 13.3. The summed E-state index contributed by atoms with van der Waals surface area (Å²) >= 11 is 0. The molecule has 1 aromatic carbocycles. The highest BCUT2D eigenvalue weighted by atomic mass is 19.1. The van der Waals surface area contributed by atoms with Gasteiger partial charge >= 0.3 is 0 Å². The normalized spacial score (nSPS) is 16.6. The molecule has 2 heterocycles. The third-order valence-corrected chi connectivity index (χ3v) is 4.49. The number of benzene rings is 1. The van der Waals surface area contributed by atoms with Crippen molar-refractivity contribution in [3.8, 4) is 0 Å². The van der Waals surface area contributed by atoms with E-state index in [1.807, 2.05) is 0 Å². The van der Waals surface area contributed by atoms with Gasteiger partial charge in [-0.15, -0.1) is 10.2 Å². The molecular formula is C18H23FN4O2. The number of aromatic nitrogens is 2. The van der Waals surface area contributed by atoms with E-state index in [0.29, 0.717) is 11.8 Å². The van der Waals surface area contributed by atoms with Crippen molar-refractivity contribution in [2.75, 3.05) is 20.1 Å². The first-order chi connectivity index (χ1) is 12.0. The Bertz CT molecular complexity index is 710. The van der Waals surface area contributed by atoms with Gasteiger partial charge < -0.3 is 9.32 Å². The molecule has 0 radical (unpaired) electrons. The number of amides is 1. The minimum absolute atomic E-state index is 0.0515. The van der Waals surface area contributed by atoms with Crippen LogP contribution in [-0.2, 0) is 11.3 Å². The van der Waals surface area contributed by atoms with Crippen molar-refractivity contribution in [2.45, 2.75) is 38.8 Å². The van der Waals surface area contributed by atoms with E-state index in [1.54, 1.807) is 31.0 Å². The third-order valence-electron chi connectivity index (χ3n) is 4.49. The minimum Gasteiger partial charge on any atom is -0.424 e. The van der Waals surface area contributed by atoms with E-state index >= 15 is 0 Å². The minimum atomic E-state index is -0.421. The number of piperidine rings is 1. The highest BCUT2D eigenvalue weighted by Gasteiger charge is 2.31. The molecule has 7 heteroatoms. The molecule has 0 N–H and O–H groups in total. The SMILES string of the molecule is Cc1nnc(CN(C)C(=O)[C@@H](c2ccc(F)cc2)N2CCCCC2)o1. The van der Waals surface area contributed by atoms with Crippen LogP contribution in [0.3, 0.4) is 0 Å². The second-order valence-electron chi connectivity index (χ2n) is 6.46. The average molecular weight is 346 g/mol. The summed E-state index contributed by atoms with van der Waals surface area (Å²) in [5.74, 6) is 0.527. The maximum atomic E-state index is 13.3. The average Bonchev–Trinajstić information content (AvgIpc) is 3.02. The quantitative estimate of drug-likeness (QED) is 0.833. The number of carbonyl (C=O) groups is 1. The van der Waals surface area contributed by atoms with Gasteiger partial charge in [-0.2, -0.15) is 0 Å². The summed E-state index contributed by atoms with van der Waals surface area (Å²) in [6.07, 6.45) is 3.31. The summed E-state index contributed by atoms with van der Waals surface area (Å²) in [4.78, 5) is 16.9. The van der Waals surface area contributed by atoms with Gasteiger partial charge in [0.05, 0.1) is 6.54 Å². The van der Waals surface area contributed by atoms with Gasteiger partial charge in [-0.25, -0.2) is 4.39 Å². The first kappa shape index (κ1) is 17.5. The van der Waals surface area contributed by atoms with Gasteiger partial charge in [-0.05, 0) is 43.6 Å². The highest BCUT2D eigenvalue weighted by Crippen LogP contribution is 2.27. The summed E-state index contributed by atoms with van der Waals surface area (Å²) in [5, 5.41) is 7.75. The Morgan fingerprint density at radius 1 is 1.24 bits per heavy atom. The Morgan fingerprint density at radius 3 is 2.52 bits per heavy atom. The van der Waals surface area contributed by atoms with E-state index in [4.69, 9.17) is 4.42 Å². The molecule has 3 rings (SSSR count). The Hall–Kier alpha value is -2.28. The van der Waals surface area contributed by atoms with E-state index in [9.17, 15) is 9.18 Å². The van der Waals surface area contributed by atoms with Crippen molar-refractivity contribution < 1.29 is 13.6 Å². The molecule has 1 amide bonds. The molecule has 6 nitrogen and oxygen atoms in total. The lowest BCUT2D eigenvalue weighted by molar-refractivity contribution is -0.137. The number of likely N-dealkylation sites (N-methyl/N-ethyl adjacent to an activating group) is 1. The van der Waals surface area contributed by atoms with E-state index < -0.39 is 6.04 Å². The predicted molar refractivity (Wildman–Crippen MR) is 90.1 cm³/mol. The molecule has 25 heavy (non-hydrogen) atoms. The third kappa shape index (κ3) is 4.22. The van der Waals surface area contributed by atoms with Crippen LogP contribution in [0.1, 0.15) is 42.6 Å². The molecule has 0 saturated carbocycles. The molecule has 1 fully saturated rings. The lowest BCUT2D eigenvalue weighted by atomic mass is 10.0. The fourth-order valence-corrected chi connectivity index (χ4v) is 3.22. The van der Waals surface area contributed by atoms with Crippen molar-refractivity contribution in [3.63, 3.8) is 0 Å². The molecule has 1 aliphatic rings. The molecule has 2 aromatic rings. The Morgan fingerprint density at radius 2 is 1.92 bits per heavy atom. The molecular weight excluding hydrogens is 323 g/mol. The van der Waals surface area contributed by atoms with Gasteiger partial charge in [0.15, 0.2) is 0 Å². The lowest BCUT2D eigenvalue weighted by Crippen LogP contribution is -2.43. The van der Waals surface area contributed by atoms with Crippen LogP contribution >= 0.6 is 0 Å². The van der Waals surface area contributed by atoms with E-state index in [2.05, 4.69) is 15.1 Å². The molecule has 0 aliphatic carbocycles. The number of nitrogens with zero attached hydrogens (tertiary/aromatic N) is 4. The van der Waals surface area contributed by atoms with Crippen molar-refractivity contribution in [2.24, 2.45) is 0 Å². The van der Waals surface area contributed by atoms with E-state index in [1.165, 1.54) is 18.6 Å². The Kier molecular flexibility index (Phi) is 5.43. The van der Waals surface area contributed by atoms with Crippen LogP contribution in [0.25, 0.3) is 0 Å². The summed E-state index contributed by atoms with van der Waals surface area (Å²) in [6.45, 7) is 3.70. The Labute approximate surface area is 146 Å². The number of carbonyl (C=O) groups excluding carboxylic acids is 1. The molecule has 0 bridgehead atoms. The van der Waals surface area contributed by atoms with Gasteiger partial charge in [0.1, 0.15) is 11.9 Å². The molecule has 1 saturated heterocycles. The van der Waals surface area contributed by atoms with Gasteiger partial charge in [-0.3, -0.25) is 9.69 Å². The Balaban J connectivity index is 1.81. The smallest absolute Gasteiger partial charge is 0.244 e. The number of hydrogen-bond donors (Lipinski definition) is 0. The molecule has 0 unspecified atom stereocenters. The van der Waals surface area contributed by atoms with Gasteiger partial charge in [0.25, 0.3) is 0 Å². The molecule has 1 aromatic heterocycles. The number of halogens is 1. The summed E-state index contributed by atoms with van der Waals surface area (Å²) in [7, 11) is 1.72. The zero-order chi connectivity index (χ0) is 17.8. The largest absolute Gasteiger partial charge is 0.424 e. The summed E-state index contributed by atoms with van der Waals surface area (Å²) in [6, 6.07) is 5.77. The number of hydrogen-bond acceptors (Lipinski definition) is 5. The summed E-state index contributed by atoms with van der Waals surface area (Å²) < 4.78 is 18.7. The first-order valence-electron chi connectivity index (χ1n) is 8.58. The highest BCUT2D eigenvalue weighted by molar-refractivity contribution is 5.83. The zero-order valence-corrected chi connectivity index (χ0v) is 14.6. The topological polar surface area (TPSA) is 62.5 Å². The molecule has 1 aliphatic heterocycles.